The topological polar surface area (TPSA) is 250 Å². The number of methoxy groups -OCH3 is 3. The van der Waals surface area contributed by atoms with Crippen molar-refractivity contribution in [2.24, 2.45) is 22.7 Å². The largest absolute Gasteiger partial charge is 0.466 e. The zero-order chi connectivity index (χ0) is 43.8. The van der Waals surface area contributed by atoms with E-state index in [1.165, 1.54) is 21.3 Å². The second-order valence-corrected chi connectivity index (χ2v) is 15.9. The molecule has 0 amide bonds. The van der Waals surface area contributed by atoms with Gasteiger partial charge in [-0.3, -0.25) is 28.8 Å². The minimum Gasteiger partial charge on any atom is -0.466 e. The minimum absolute atomic E-state index is 0.166. The van der Waals surface area contributed by atoms with Crippen LogP contribution in [-0.4, -0.2) is 142 Å². The number of hydrogen-bond donors (Lipinski definition) is 1. The first-order valence-electron chi connectivity index (χ1n) is 19.2. The standard InChI is InChI=1S/C39H54O20/c1-17(40)51-16-24-28(52-18(2)41)29(53-19(3)42)30(54-20(4)43)34(56-24)58-27(39(47)31(55-21(5)44)35(49-9)59-36(39)50-10)15-37(6)23-14-26(57-33(23)46)38(7)22(32(45)48-8)12-11-13-25(37)38/h12,23-31,34-36,47H,11,13-16H2,1-10H3/t23-,24-,25-,26-,27+,28-,29+,30-,31-,34+,35+,36+,37-,38-,39-/m1/s1. The molecule has 4 fully saturated rings. The molecule has 5 rings (SSSR count). The molecule has 3 aliphatic heterocycles. The molecule has 330 valence electrons. The van der Waals surface area contributed by atoms with Gasteiger partial charge in [-0.25, -0.2) is 4.79 Å². The van der Waals surface area contributed by atoms with Crippen molar-refractivity contribution in [2.45, 2.75) is 141 Å². The molecular weight excluding hydrogens is 788 g/mol. The lowest BCUT2D eigenvalue weighted by Crippen LogP contribution is -2.67. The third-order valence-corrected chi connectivity index (χ3v) is 12.2. The Balaban J connectivity index is 1.72. The fourth-order valence-corrected chi connectivity index (χ4v) is 9.86. The molecule has 5 aliphatic rings. The predicted octanol–water partition coefficient (Wildman–Crippen LogP) is 0.950. The fraction of sp³-hybridized carbons (Fsp3) is 0.769. The molecule has 59 heavy (non-hydrogen) atoms. The summed E-state index contributed by atoms with van der Waals surface area (Å²) in [6.07, 6.45) is -13.0. The maximum absolute atomic E-state index is 13.9. The van der Waals surface area contributed by atoms with E-state index >= 15 is 0 Å². The molecule has 0 spiro atoms. The first kappa shape index (κ1) is 45.9. The highest BCUT2D eigenvalue weighted by Crippen LogP contribution is 2.66. The lowest BCUT2D eigenvalue weighted by Gasteiger charge is -2.57. The summed E-state index contributed by atoms with van der Waals surface area (Å²) in [7, 11) is 3.69. The average molecular weight is 843 g/mol. The second kappa shape index (κ2) is 17.8. The maximum atomic E-state index is 13.9. The van der Waals surface area contributed by atoms with Crippen molar-refractivity contribution in [1.29, 1.82) is 0 Å². The van der Waals surface area contributed by atoms with Gasteiger partial charge in [0.05, 0.1) is 19.1 Å². The summed E-state index contributed by atoms with van der Waals surface area (Å²) in [6.45, 7) is 8.40. The van der Waals surface area contributed by atoms with Crippen LogP contribution in [0, 0.1) is 22.7 Å². The number of aliphatic hydroxyl groups is 1. The van der Waals surface area contributed by atoms with Crippen LogP contribution < -0.4 is 0 Å². The monoisotopic (exact) mass is 842 g/mol. The molecule has 1 N–H and O–H groups in total. The third kappa shape index (κ3) is 8.56. The lowest BCUT2D eigenvalue weighted by atomic mass is 9.46. The summed E-state index contributed by atoms with van der Waals surface area (Å²) < 4.78 is 69.0. The summed E-state index contributed by atoms with van der Waals surface area (Å²) in [4.78, 5) is 89.7. The van der Waals surface area contributed by atoms with Gasteiger partial charge in [0.2, 0.25) is 6.29 Å². The van der Waals surface area contributed by atoms with Crippen molar-refractivity contribution in [1.82, 2.24) is 0 Å². The van der Waals surface area contributed by atoms with Crippen LogP contribution >= 0.6 is 0 Å². The van der Waals surface area contributed by atoms with Crippen LogP contribution in [0.4, 0.5) is 0 Å². The van der Waals surface area contributed by atoms with E-state index in [-0.39, 0.29) is 12.8 Å². The Labute approximate surface area is 340 Å². The lowest BCUT2D eigenvalue weighted by molar-refractivity contribution is -0.343. The molecule has 0 aromatic carbocycles. The molecule has 20 heteroatoms. The Bertz CT molecular complexity index is 1690. The van der Waals surface area contributed by atoms with Crippen LogP contribution in [0.2, 0.25) is 0 Å². The minimum atomic E-state index is -2.55. The van der Waals surface area contributed by atoms with E-state index in [1.807, 2.05) is 6.92 Å². The van der Waals surface area contributed by atoms with Crippen LogP contribution in [0.5, 0.6) is 0 Å². The van der Waals surface area contributed by atoms with E-state index in [0.29, 0.717) is 18.4 Å². The predicted molar refractivity (Wildman–Crippen MR) is 192 cm³/mol. The zero-order valence-electron chi connectivity index (χ0n) is 34.7. The van der Waals surface area contributed by atoms with Gasteiger partial charge in [-0.05, 0) is 37.0 Å². The van der Waals surface area contributed by atoms with Gasteiger partial charge in [0.25, 0.3) is 0 Å². The average Bonchev–Trinajstić information content (AvgIpc) is 3.67. The Morgan fingerprint density at radius 3 is 1.98 bits per heavy atom. The van der Waals surface area contributed by atoms with Crippen LogP contribution in [-0.2, 0) is 90.4 Å². The first-order chi connectivity index (χ1) is 27.7. The van der Waals surface area contributed by atoms with Crippen molar-refractivity contribution >= 4 is 41.8 Å². The number of hydrogen-bond acceptors (Lipinski definition) is 20. The summed E-state index contributed by atoms with van der Waals surface area (Å²) in [5, 5.41) is 13.1. The third-order valence-electron chi connectivity index (χ3n) is 12.2. The Kier molecular flexibility index (Phi) is 13.8. The number of carbonyl (C=O) groups is 7. The van der Waals surface area contributed by atoms with Gasteiger partial charge in [-0.1, -0.05) is 19.9 Å². The smallest absolute Gasteiger partial charge is 0.334 e. The van der Waals surface area contributed by atoms with E-state index in [4.69, 9.17) is 56.8 Å². The van der Waals surface area contributed by atoms with Crippen molar-refractivity contribution in [3.05, 3.63) is 11.6 Å². The van der Waals surface area contributed by atoms with Gasteiger partial charge in [0, 0.05) is 59.8 Å². The van der Waals surface area contributed by atoms with Crippen LogP contribution in [0.3, 0.4) is 0 Å². The normalized spacial score (nSPS) is 39.1. The molecule has 3 heterocycles. The summed E-state index contributed by atoms with van der Waals surface area (Å²) in [5.41, 5.74) is -4.56. The molecule has 20 nitrogen and oxygen atoms in total. The Morgan fingerprint density at radius 1 is 0.814 bits per heavy atom. The molecule has 2 bridgehead atoms. The van der Waals surface area contributed by atoms with E-state index in [2.05, 4.69) is 0 Å². The molecule has 0 radical (unpaired) electrons. The van der Waals surface area contributed by atoms with E-state index in [9.17, 15) is 38.7 Å². The van der Waals surface area contributed by atoms with Crippen molar-refractivity contribution in [3.8, 4) is 0 Å². The number of carbonyl (C=O) groups excluding carboxylic acids is 7. The molecule has 15 atom stereocenters. The van der Waals surface area contributed by atoms with Crippen LogP contribution in [0.1, 0.15) is 74.1 Å². The highest BCUT2D eigenvalue weighted by Gasteiger charge is 2.71. The van der Waals surface area contributed by atoms with Crippen molar-refractivity contribution < 1.29 is 95.5 Å². The van der Waals surface area contributed by atoms with Gasteiger partial charge in [-0.2, -0.15) is 0 Å². The molecular formula is C39H54O20. The maximum Gasteiger partial charge on any atom is 0.334 e. The molecule has 1 saturated carbocycles. The number of ether oxygens (including phenoxy) is 12. The van der Waals surface area contributed by atoms with E-state index in [0.717, 1.165) is 34.6 Å². The zero-order valence-corrected chi connectivity index (χ0v) is 34.7. The number of rotatable bonds is 14. The van der Waals surface area contributed by atoms with Gasteiger partial charge in [0.1, 0.15) is 18.8 Å². The Morgan fingerprint density at radius 2 is 1.42 bits per heavy atom. The fourth-order valence-electron chi connectivity index (χ4n) is 9.86. The van der Waals surface area contributed by atoms with Gasteiger partial charge >= 0.3 is 41.8 Å². The molecule has 3 saturated heterocycles. The highest BCUT2D eigenvalue weighted by atomic mass is 16.8. The number of allylic oxidation sites excluding steroid dienone is 1. The van der Waals surface area contributed by atoms with Crippen LogP contribution in [0.15, 0.2) is 11.6 Å². The molecule has 0 unspecified atom stereocenters. The number of esters is 7. The SMILES string of the molecule is COC(=O)C1=CCC[C@@H]2[C@](C)(C[C@H](O[C@@H]3O[C@H](COC(C)=O)[C@@H](OC(C)=O)[C@H](OC(C)=O)[C@H]3OC(C)=O)[C@]3(O)[C@@H](OC)O[C@H](OC)[C@H]3OC(C)=O)[C@@H]3C[C@@H](OC3=O)[C@]12C. The first-order valence-corrected chi connectivity index (χ1v) is 19.2. The van der Waals surface area contributed by atoms with Gasteiger partial charge < -0.3 is 61.9 Å². The van der Waals surface area contributed by atoms with E-state index in [1.54, 1.807) is 13.0 Å². The Hall–Kier alpha value is -4.21. The molecule has 0 aromatic heterocycles. The summed E-state index contributed by atoms with van der Waals surface area (Å²) >= 11 is 0. The van der Waals surface area contributed by atoms with Gasteiger partial charge in [0.15, 0.2) is 42.6 Å². The second-order valence-electron chi connectivity index (χ2n) is 15.9. The number of fused-ring (bicyclic) bond motifs is 4. The summed E-state index contributed by atoms with van der Waals surface area (Å²) in [6, 6.07) is 0. The highest BCUT2D eigenvalue weighted by molar-refractivity contribution is 5.91. The molecule has 0 aromatic rings. The van der Waals surface area contributed by atoms with Crippen LogP contribution in [0.25, 0.3) is 0 Å². The van der Waals surface area contributed by atoms with Crippen molar-refractivity contribution in [2.75, 3.05) is 27.9 Å². The molecule has 2 aliphatic carbocycles. The quantitative estimate of drug-likeness (QED) is 0.189. The van der Waals surface area contributed by atoms with Gasteiger partial charge in [-0.15, -0.1) is 0 Å². The summed E-state index contributed by atoms with van der Waals surface area (Å²) in [5.74, 6) is -6.82. The van der Waals surface area contributed by atoms with E-state index < -0.39 is 138 Å². The van der Waals surface area contributed by atoms with Crippen molar-refractivity contribution in [3.63, 3.8) is 0 Å².